The van der Waals surface area contributed by atoms with Gasteiger partial charge in [0.1, 0.15) is 0 Å². The Kier molecular flexibility index (Phi) is 5.52. The van der Waals surface area contributed by atoms with E-state index in [9.17, 15) is 14.4 Å². The van der Waals surface area contributed by atoms with Crippen LogP contribution < -0.4 is 5.43 Å². The van der Waals surface area contributed by atoms with E-state index >= 15 is 0 Å². The lowest BCUT2D eigenvalue weighted by Gasteiger charge is -2.16. The quantitative estimate of drug-likeness (QED) is 0.486. The third-order valence-electron chi connectivity index (χ3n) is 3.92. The molecule has 1 aliphatic heterocycles. The summed E-state index contributed by atoms with van der Waals surface area (Å²) in [5.74, 6) is -0.818. The van der Waals surface area contributed by atoms with Crippen molar-refractivity contribution < 1.29 is 19.1 Å². The maximum absolute atomic E-state index is 12.6. The zero-order valence-electron chi connectivity index (χ0n) is 14.4. The fourth-order valence-electron chi connectivity index (χ4n) is 2.64. The molecule has 0 aromatic heterocycles. The fourth-order valence-corrected chi connectivity index (χ4v) is 2.77. The number of nitrogens with zero attached hydrogens (tertiary/aromatic N) is 2. The SMILES string of the molecule is CCOC(=O)N/N=C(\CN1C(=O)c2ccccc2C1=O)c1ccc(Cl)cc1. The summed E-state index contributed by atoms with van der Waals surface area (Å²) in [7, 11) is 0. The van der Waals surface area contributed by atoms with Gasteiger partial charge in [-0.15, -0.1) is 0 Å². The van der Waals surface area contributed by atoms with Gasteiger partial charge in [0.25, 0.3) is 11.8 Å². The molecule has 0 aliphatic carbocycles. The molecule has 0 bridgehead atoms. The Bertz CT molecular complexity index is 890. The molecule has 0 saturated heterocycles. The predicted octanol–water partition coefficient (Wildman–Crippen LogP) is 3.09. The van der Waals surface area contributed by atoms with Gasteiger partial charge in [-0.25, -0.2) is 10.2 Å². The molecule has 0 atom stereocenters. The first kappa shape index (κ1) is 18.6. The molecule has 0 unspecified atom stereocenters. The number of hydrazone groups is 1. The highest BCUT2D eigenvalue weighted by atomic mass is 35.5. The monoisotopic (exact) mass is 385 g/mol. The molecule has 0 radical (unpaired) electrons. The van der Waals surface area contributed by atoms with Crippen molar-refractivity contribution in [2.75, 3.05) is 13.2 Å². The number of fused-ring (bicyclic) bond motifs is 1. The van der Waals surface area contributed by atoms with Crippen LogP contribution in [0.25, 0.3) is 0 Å². The van der Waals surface area contributed by atoms with E-state index in [0.717, 1.165) is 4.90 Å². The number of ether oxygens (including phenoxy) is 1. The number of hydrogen-bond donors (Lipinski definition) is 1. The van der Waals surface area contributed by atoms with Gasteiger partial charge in [-0.1, -0.05) is 35.9 Å². The Morgan fingerprint density at radius 2 is 1.67 bits per heavy atom. The summed E-state index contributed by atoms with van der Waals surface area (Å²) in [6.45, 7) is 1.75. The summed E-state index contributed by atoms with van der Waals surface area (Å²) < 4.78 is 4.78. The summed E-state index contributed by atoms with van der Waals surface area (Å²) in [4.78, 5) is 37.8. The van der Waals surface area contributed by atoms with Crippen LogP contribution in [-0.4, -0.2) is 41.7 Å². The average Bonchev–Trinajstić information content (AvgIpc) is 2.91. The first-order valence-electron chi connectivity index (χ1n) is 8.21. The van der Waals surface area contributed by atoms with E-state index in [1.807, 2.05) is 0 Å². The first-order chi connectivity index (χ1) is 13.0. The van der Waals surface area contributed by atoms with Gasteiger partial charge in [0.15, 0.2) is 0 Å². The predicted molar refractivity (Wildman–Crippen MR) is 100.0 cm³/mol. The lowest BCUT2D eigenvalue weighted by Crippen LogP contribution is -2.36. The topological polar surface area (TPSA) is 88.1 Å². The number of amides is 3. The normalized spacial score (nSPS) is 13.6. The number of hydrogen-bond acceptors (Lipinski definition) is 5. The molecule has 1 N–H and O–H groups in total. The Morgan fingerprint density at radius 3 is 2.22 bits per heavy atom. The largest absolute Gasteiger partial charge is 0.449 e. The van der Waals surface area contributed by atoms with E-state index in [4.69, 9.17) is 16.3 Å². The van der Waals surface area contributed by atoms with Crippen molar-refractivity contribution in [2.45, 2.75) is 6.92 Å². The van der Waals surface area contributed by atoms with Crippen LogP contribution in [0.3, 0.4) is 0 Å². The van der Waals surface area contributed by atoms with Gasteiger partial charge >= 0.3 is 6.09 Å². The number of imide groups is 1. The van der Waals surface area contributed by atoms with E-state index in [2.05, 4.69) is 10.5 Å². The van der Waals surface area contributed by atoms with E-state index in [1.165, 1.54) is 0 Å². The lowest BCUT2D eigenvalue weighted by atomic mass is 10.1. The summed E-state index contributed by atoms with van der Waals surface area (Å²) in [6.07, 6.45) is -0.730. The van der Waals surface area contributed by atoms with Gasteiger partial charge in [-0.05, 0) is 36.8 Å². The third kappa shape index (κ3) is 3.98. The van der Waals surface area contributed by atoms with Crippen LogP contribution in [0.2, 0.25) is 5.02 Å². The van der Waals surface area contributed by atoms with Gasteiger partial charge in [-0.3, -0.25) is 14.5 Å². The van der Waals surface area contributed by atoms with Crippen LogP contribution in [0.15, 0.2) is 53.6 Å². The van der Waals surface area contributed by atoms with Crippen molar-refractivity contribution in [3.05, 3.63) is 70.2 Å². The molecule has 0 fully saturated rings. The van der Waals surface area contributed by atoms with Crippen LogP contribution >= 0.6 is 11.6 Å². The molecular weight excluding hydrogens is 370 g/mol. The van der Waals surface area contributed by atoms with Crippen molar-refractivity contribution in [2.24, 2.45) is 5.10 Å². The minimum Gasteiger partial charge on any atom is -0.449 e. The van der Waals surface area contributed by atoms with E-state index < -0.39 is 17.9 Å². The fraction of sp³-hybridized carbons (Fsp3) is 0.158. The van der Waals surface area contributed by atoms with E-state index in [1.54, 1.807) is 55.5 Å². The highest BCUT2D eigenvalue weighted by Crippen LogP contribution is 2.23. The van der Waals surface area contributed by atoms with Crippen molar-refractivity contribution in [3.63, 3.8) is 0 Å². The summed E-state index contributed by atoms with van der Waals surface area (Å²) in [6, 6.07) is 13.3. The number of benzene rings is 2. The highest BCUT2D eigenvalue weighted by molar-refractivity contribution is 6.30. The minimum atomic E-state index is -0.730. The number of rotatable bonds is 5. The molecule has 1 aliphatic rings. The second-order valence-electron chi connectivity index (χ2n) is 5.64. The molecule has 0 saturated carbocycles. The number of carbonyl (C=O) groups excluding carboxylic acids is 3. The Morgan fingerprint density at radius 1 is 1.07 bits per heavy atom. The second-order valence-corrected chi connectivity index (χ2v) is 6.08. The van der Waals surface area contributed by atoms with Gasteiger partial charge in [0.05, 0.1) is 30.0 Å². The highest BCUT2D eigenvalue weighted by Gasteiger charge is 2.35. The summed E-state index contributed by atoms with van der Waals surface area (Å²) in [5, 5.41) is 4.57. The van der Waals surface area contributed by atoms with Gasteiger partial charge < -0.3 is 4.74 Å². The van der Waals surface area contributed by atoms with Crippen LogP contribution in [0.4, 0.5) is 4.79 Å². The summed E-state index contributed by atoms with van der Waals surface area (Å²) >= 11 is 5.91. The molecule has 8 heteroatoms. The Labute approximate surface area is 160 Å². The van der Waals surface area contributed by atoms with Crippen LogP contribution in [-0.2, 0) is 4.74 Å². The Balaban J connectivity index is 1.89. The van der Waals surface area contributed by atoms with Crippen LogP contribution in [0, 0.1) is 0 Å². The number of halogens is 1. The standard InChI is InChI=1S/C19H16ClN3O4/c1-2-27-19(26)22-21-16(12-7-9-13(20)10-8-12)11-23-17(24)14-5-3-4-6-15(14)18(23)25/h3-10H,2,11H2,1H3,(H,22,26)/b21-16+. The number of carbonyl (C=O) groups is 3. The lowest BCUT2D eigenvalue weighted by molar-refractivity contribution is 0.0677. The smallest absolute Gasteiger partial charge is 0.427 e. The molecule has 3 rings (SSSR count). The van der Waals surface area contributed by atoms with Gasteiger partial charge in [-0.2, -0.15) is 5.10 Å². The zero-order chi connectivity index (χ0) is 19.4. The van der Waals surface area contributed by atoms with E-state index in [0.29, 0.717) is 27.4 Å². The maximum atomic E-state index is 12.6. The van der Waals surface area contributed by atoms with Gasteiger partial charge in [0, 0.05) is 5.02 Å². The molecule has 2 aromatic rings. The number of nitrogens with one attached hydrogen (secondary N) is 1. The maximum Gasteiger partial charge on any atom is 0.427 e. The average molecular weight is 386 g/mol. The molecule has 1 heterocycles. The second kappa shape index (κ2) is 8.01. The van der Waals surface area contributed by atoms with Crippen molar-refractivity contribution >= 4 is 35.2 Å². The minimum absolute atomic E-state index is 0.111. The van der Waals surface area contributed by atoms with Crippen molar-refractivity contribution in [1.82, 2.24) is 10.3 Å². The molecule has 3 amide bonds. The summed E-state index contributed by atoms with van der Waals surface area (Å²) in [5.41, 5.74) is 3.87. The molecule has 2 aromatic carbocycles. The first-order valence-corrected chi connectivity index (χ1v) is 8.59. The van der Waals surface area contributed by atoms with E-state index in [-0.39, 0.29) is 13.2 Å². The molecular formula is C19H16ClN3O4. The van der Waals surface area contributed by atoms with Crippen LogP contribution in [0.1, 0.15) is 33.2 Å². The van der Waals surface area contributed by atoms with Crippen molar-refractivity contribution in [3.8, 4) is 0 Å². The zero-order valence-corrected chi connectivity index (χ0v) is 15.2. The molecule has 7 nitrogen and oxygen atoms in total. The van der Waals surface area contributed by atoms with Crippen molar-refractivity contribution in [1.29, 1.82) is 0 Å². The van der Waals surface area contributed by atoms with Crippen LogP contribution in [0.5, 0.6) is 0 Å². The third-order valence-corrected chi connectivity index (χ3v) is 4.17. The van der Waals surface area contributed by atoms with Gasteiger partial charge in [0.2, 0.25) is 0 Å². The molecule has 27 heavy (non-hydrogen) atoms. The molecule has 0 spiro atoms. The molecule has 138 valence electrons. The Hall–Kier alpha value is -3.19.